The second kappa shape index (κ2) is 7.70. The number of allylic oxidation sites excluding steroid dienone is 2. The van der Waals surface area contributed by atoms with E-state index in [1.165, 1.54) is 42.6 Å². The molecule has 0 radical (unpaired) electrons. The van der Waals surface area contributed by atoms with Crippen molar-refractivity contribution in [3.8, 4) is 0 Å². The van der Waals surface area contributed by atoms with Gasteiger partial charge in [-0.05, 0) is 58.5 Å². The fourth-order valence-electron chi connectivity index (χ4n) is 2.75. The fourth-order valence-corrected chi connectivity index (χ4v) is 13.4. The first kappa shape index (κ1) is 17.3. The van der Waals surface area contributed by atoms with Gasteiger partial charge in [-0.15, -0.1) is 0 Å². The molecule has 0 atom stereocenters. The molecule has 4 aliphatic heterocycles. The van der Waals surface area contributed by atoms with E-state index in [1.807, 2.05) is 94.1 Å². The molecule has 5 aliphatic rings. The van der Waals surface area contributed by atoms with Gasteiger partial charge in [-0.3, -0.25) is 0 Å². The molecule has 0 aromatic rings. The van der Waals surface area contributed by atoms with Gasteiger partial charge in [0.15, 0.2) is 0 Å². The van der Waals surface area contributed by atoms with Crippen molar-refractivity contribution in [2.24, 2.45) is 0 Å². The molecule has 8 heteroatoms. The highest BCUT2D eigenvalue weighted by Gasteiger charge is 2.34. The highest BCUT2D eigenvalue weighted by molar-refractivity contribution is 8.49. The van der Waals surface area contributed by atoms with Crippen LogP contribution in [0.3, 0.4) is 0 Å². The Bertz CT molecular complexity index is 726. The predicted molar refractivity (Wildman–Crippen MR) is 126 cm³/mol. The topological polar surface area (TPSA) is 0 Å². The monoisotopic (exact) mass is 460 g/mol. The van der Waals surface area contributed by atoms with Gasteiger partial charge in [0.05, 0.1) is 21.2 Å². The van der Waals surface area contributed by atoms with Crippen molar-refractivity contribution in [2.45, 2.75) is 25.7 Å². The lowest BCUT2D eigenvalue weighted by Crippen LogP contribution is -1.99. The molecule has 0 nitrogen and oxygen atoms in total. The van der Waals surface area contributed by atoms with E-state index >= 15 is 0 Å². The van der Waals surface area contributed by atoms with Crippen LogP contribution in [0, 0.1) is 0 Å². The zero-order valence-electron chi connectivity index (χ0n) is 12.4. The molecular weight excluding hydrogens is 449 g/mol. The van der Waals surface area contributed by atoms with Gasteiger partial charge < -0.3 is 0 Å². The predicted octanol–water partition coefficient (Wildman–Crippen LogP) is 9.10. The normalized spacial score (nSPS) is 26.7. The van der Waals surface area contributed by atoms with Crippen molar-refractivity contribution in [1.29, 1.82) is 0 Å². The van der Waals surface area contributed by atoms with Crippen LogP contribution in [-0.4, -0.2) is 0 Å². The van der Waals surface area contributed by atoms with E-state index in [1.54, 1.807) is 19.6 Å². The number of hydrogen-bond donors (Lipinski definition) is 0. The highest BCUT2D eigenvalue weighted by atomic mass is 32.3. The minimum absolute atomic E-state index is 1.26. The number of thioether (sulfide) groups is 8. The van der Waals surface area contributed by atoms with Crippen molar-refractivity contribution in [1.82, 2.24) is 0 Å². The Balaban J connectivity index is 1.25. The summed E-state index contributed by atoms with van der Waals surface area (Å²) in [5.41, 5.74) is 3.39. The molecule has 0 amide bonds. The molecule has 124 valence electrons. The van der Waals surface area contributed by atoms with Gasteiger partial charge in [-0.25, -0.2) is 0 Å². The van der Waals surface area contributed by atoms with Gasteiger partial charge >= 0.3 is 0 Å². The van der Waals surface area contributed by atoms with Gasteiger partial charge in [0.1, 0.15) is 0 Å². The molecule has 0 aromatic heterocycles. The molecule has 0 bridgehead atoms. The largest absolute Gasteiger partial charge is 0.0902 e. The molecule has 1 fully saturated rings. The third kappa shape index (κ3) is 3.51. The smallest absolute Gasteiger partial charge is 0.0717 e. The SMILES string of the molecule is C1=CSC(=C2CCC(=C3SC4=C(S3)SC(=C3SC=CS3)S4)CC2)S1. The van der Waals surface area contributed by atoms with Crippen molar-refractivity contribution in [2.75, 3.05) is 0 Å². The molecular formula is C16H12S8. The van der Waals surface area contributed by atoms with Crippen molar-refractivity contribution in [3.05, 3.63) is 58.2 Å². The summed E-state index contributed by atoms with van der Waals surface area (Å²) in [5.74, 6) is 0. The Morgan fingerprint density at radius 2 is 0.792 bits per heavy atom. The summed E-state index contributed by atoms with van der Waals surface area (Å²) in [6.45, 7) is 0. The molecule has 1 aliphatic carbocycles. The third-order valence-electron chi connectivity index (χ3n) is 3.92. The first-order valence-corrected chi connectivity index (χ1v) is 14.3. The van der Waals surface area contributed by atoms with Crippen LogP contribution in [0.2, 0.25) is 0 Å². The van der Waals surface area contributed by atoms with Crippen LogP contribution >= 0.6 is 94.1 Å². The van der Waals surface area contributed by atoms with Gasteiger partial charge in [0.25, 0.3) is 0 Å². The lowest BCUT2D eigenvalue weighted by Gasteiger charge is -2.21. The van der Waals surface area contributed by atoms with Crippen LogP contribution in [0.15, 0.2) is 58.2 Å². The molecule has 1 saturated carbocycles. The molecule has 0 unspecified atom stereocenters. The maximum Gasteiger partial charge on any atom is 0.0717 e. The molecule has 24 heavy (non-hydrogen) atoms. The van der Waals surface area contributed by atoms with Crippen LogP contribution in [0.5, 0.6) is 0 Å². The van der Waals surface area contributed by atoms with Crippen molar-refractivity contribution < 1.29 is 0 Å². The highest BCUT2D eigenvalue weighted by Crippen LogP contribution is 2.69. The van der Waals surface area contributed by atoms with Gasteiger partial charge in [0, 0.05) is 4.24 Å². The van der Waals surface area contributed by atoms with Gasteiger partial charge in [-0.1, -0.05) is 94.1 Å². The van der Waals surface area contributed by atoms with E-state index in [0.29, 0.717) is 0 Å². The summed E-state index contributed by atoms with van der Waals surface area (Å²) >= 11 is 15.6. The van der Waals surface area contributed by atoms with Crippen LogP contribution in [-0.2, 0) is 0 Å². The summed E-state index contributed by atoms with van der Waals surface area (Å²) in [4.78, 5) is 0. The molecule has 4 heterocycles. The second-order valence-electron chi connectivity index (χ2n) is 5.36. The van der Waals surface area contributed by atoms with E-state index in [4.69, 9.17) is 0 Å². The average molecular weight is 461 g/mol. The fraction of sp³-hybridized carbons (Fsp3) is 0.250. The van der Waals surface area contributed by atoms with E-state index in [9.17, 15) is 0 Å². The van der Waals surface area contributed by atoms with E-state index in [2.05, 4.69) is 21.6 Å². The number of rotatable bonds is 0. The number of hydrogen-bond acceptors (Lipinski definition) is 8. The molecule has 0 spiro atoms. The van der Waals surface area contributed by atoms with Crippen LogP contribution in [0.4, 0.5) is 0 Å². The summed E-state index contributed by atoms with van der Waals surface area (Å²) in [7, 11) is 0. The summed E-state index contributed by atoms with van der Waals surface area (Å²) in [6.07, 6.45) is 5.04. The van der Waals surface area contributed by atoms with Crippen LogP contribution in [0.25, 0.3) is 0 Å². The Morgan fingerprint density at radius 1 is 0.417 bits per heavy atom. The van der Waals surface area contributed by atoms with Crippen LogP contribution < -0.4 is 0 Å². The standard InChI is InChI=1S/C16H12S8/c1-3-10(4-2-9(1)11-17-5-6-18-11)12-21-15-16(22-12)24-14(23-15)13-19-7-8-20-13/h5-8H,1-4H2. The second-order valence-corrected chi connectivity index (χ2v) is 14.7. The van der Waals surface area contributed by atoms with E-state index in [0.717, 1.165) is 0 Å². The third-order valence-corrected chi connectivity index (χ3v) is 14.7. The Hall–Kier alpha value is 1.24. The summed E-state index contributed by atoms with van der Waals surface area (Å²) in [6, 6.07) is 0. The Morgan fingerprint density at radius 3 is 1.33 bits per heavy atom. The Labute approximate surface area is 176 Å². The van der Waals surface area contributed by atoms with Gasteiger partial charge in [0.2, 0.25) is 0 Å². The average Bonchev–Trinajstić information content (AvgIpc) is 3.37. The lowest BCUT2D eigenvalue weighted by atomic mass is 9.92. The first-order chi connectivity index (χ1) is 11.9. The van der Waals surface area contributed by atoms with E-state index in [-0.39, 0.29) is 0 Å². The summed E-state index contributed by atoms with van der Waals surface area (Å²) in [5, 5.41) is 8.82. The zero-order chi connectivity index (χ0) is 15.9. The van der Waals surface area contributed by atoms with Gasteiger partial charge in [-0.2, -0.15) is 0 Å². The quantitative estimate of drug-likeness (QED) is 0.346. The zero-order valence-corrected chi connectivity index (χ0v) is 18.9. The Kier molecular flexibility index (Phi) is 5.56. The minimum Gasteiger partial charge on any atom is -0.0902 e. The molecule has 0 saturated heterocycles. The lowest BCUT2D eigenvalue weighted by molar-refractivity contribution is 0.730. The molecule has 5 rings (SSSR count). The maximum absolute atomic E-state index is 2.22. The van der Waals surface area contributed by atoms with Crippen LogP contribution in [0.1, 0.15) is 25.7 Å². The first-order valence-electron chi connectivity index (χ1n) is 7.47. The van der Waals surface area contributed by atoms with E-state index < -0.39 is 0 Å². The molecule has 0 aromatic carbocycles. The van der Waals surface area contributed by atoms with Crippen molar-refractivity contribution in [3.63, 3.8) is 0 Å². The minimum atomic E-state index is 1.26. The summed E-state index contributed by atoms with van der Waals surface area (Å²) < 4.78 is 9.14. The maximum atomic E-state index is 2.22. The molecule has 0 N–H and O–H groups in total. The van der Waals surface area contributed by atoms with Crippen molar-refractivity contribution >= 4 is 94.1 Å².